The molecule has 0 N–H and O–H groups in total. The van der Waals surface area contributed by atoms with Crippen LogP contribution in [0.25, 0.3) is 0 Å². The molecular weight excluding hydrogens is 220 g/mol. The summed E-state index contributed by atoms with van der Waals surface area (Å²) in [5.74, 6) is -0.576. The smallest absolute Gasteiger partial charge is 0.190 e. The lowest BCUT2D eigenvalue weighted by Gasteiger charge is -2.33. The molecule has 0 unspecified atom stereocenters. The van der Waals surface area contributed by atoms with Gasteiger partial charge in [-0.15, -0.1) is 6.58 Å². The zero-order chi connectivity index (χ0) is 12.1. The average Bonchev–Trinajstić information content (AvgIpc) is 2.84. The van der Waals surface area contributed by atoms with Crippen molar-refractivity contribution in [3.05, 3.63) is 12.7 Å². The van der Waals surface area contributed by atoms with Crippen molar-refractivity contribution >= 4 is 0 Å². The fourth-order valence-electron chi connectivity index (χ4n) is 3.26. The van der Waals surface area contributed by atoms with E-state index in [2.05, 4.69) is 6.58 Å². The van der Waals surface area contributed by atoms with Gasteiger partial charge in [0.25, 0.3) is 0 Å². The van der Waals surface area contributed by atoms with Crippen molar-refractivity contribution in [2.75, 3.05) is 6.61 Å². The van der Waals surface area contributed by atoms with Gasteiger partial charge >= 0.3 is 0 Å². The molecule has 4 atom stereocenters. The molecule has 0 bridgehead atoms. The highest BCUT2D eigenvalue weighted by Crippen LogP contribution is 2.51. The van der Waals surface area contributed by atoms with Gasteiger partial charge in [-0.25, -0.2) is 0 Å². The van der Waals surface area contributed by atoms with Crippen LogP contribution in [0.5, 0.6) is 0 Å². The number of fused-ring (bicyclic) bond motifs is 3. The molecule has 0 amide bonds. The number of ether oxygens (including phenoxy) is 4. The molecule has 2 aliphatic heterocycles. The van der Waals surface area contributed by atoms with Crippen LogP contribution in [0.15, 0.2) is 12.7 Å². The van der Waals surface area contributed by atoms with Crippen molar-refractivity contribution in [3.8, 4) is 0 Å². The van der Waals surface area contributed by atoms with Crippen LogP contribution in [0.3, 0.4) is 0 Å². The summed E-state index contributed by atoms with van der Waals surface area (Å²) < 4.78 is 23.7. The van der Waals surface area contributed by atoms with Gasteiger partial charge in [-0.1, -0.05) is 6.08 Å². The van der Waals surface area contributed by atoms with Crippen LogP contribution in [0, 0.1) is 0 Å². The van der Waals surface area contributed by atoms with Gasteiger partial charge in [-0.05, 0) is 33.1 Å². The third kappa shape index (κ3) is 1.66. The summed E-state index contributed by atoms with van der Waals surface area (Å²) in [6.45, 7) is 8.08. The SMILES string of the molecule is C=CCO[C@]12CCC[C@H]1O[C@@H]1OC(C)(C)O[C@@H]12. The largest absolute Gasteiger partial charge is 0.365 e. The standard InChI is InChI=1S/C13H20O4/c1-4-8-14-13-7-5-6-9(13)15-11-10(13)16-12(2,3)17-11/h4,9-11H,1,5-8H2,2-3H3/t9-,10+,11-,13-/m1/s1. The van der Waals surface area contributed by atoms with E-state index in [1.54, 1.807) is 6.08 Å². The van der Waals surface area contributed by atoms with Crippen LogP contribution < -0.4 is 0 Å². The minimum atomic E-state index is -0.576. The Morgan fingerprint density at radius 2 is 2.24 bits per heavy atom. The van der Waals surface area contributed by atoms with E-state index in [0.717, 1.165) is 19.3 Å². The first-order chi connectivity index (χ1) is 8.07. The molecular formula is C13H20O4. The molecule has 0 spiro atoms. The van der Waals surface area contributed by atoms with E-state index < -0.39 is 5.79 Å². The Balaban J connectivity index is 1.85. The van der Waals surface area contributed by atoms with Crippen molar-refractivity contribution in [1.82, 2.24) is 0 Å². The van der Waals surface area contributed by atoms with Crippen LogP contribution in [0.4, 0.5) is 0 Å². The summed E-state index contributed by atoms with van der Waals surface area (Å²) in [5, 5.41) is 0. The summed E-state index contributed by atoms with van der Waals surface area (Å²) in [4.78, 5) is 0. The molecule has 0 radical (unpaired) electrons. The number of rotatable bonds is 3. The van der Waals surface area contributed by atoms with E-state index in [4.69, 9.17) is 18.9 Å². The lowest BCUT2D eigenvalue weighted by molar-refractivity contribution is -0.229. The molecule has 3 fully saturated rings. The van der Waals surface area contributed by atoms with E-state index in [-0.39, 0.29) is 24.1 Å². The van der Waals surface area contributed by atoms with Gasteiger partial charge in [0.1, 0.15) is 11.7 Å². The van der Waals surface area contributed by atoms with Crippen LogP contribution >= 0.6 is 0 Å². The van der Waals surface area contributed by atoms with Crippen LogP contribution in [0.1, 0.15) is 33.1 Å². The second-order valence-corrected chi connectivity index (χ2v) is 5.50. The van der Waals surface area contributed by atoms with Gasteiger partial charge in [0.2, 0.25) is 0 Å². The predicted octanol–water partition coefficient (Wildman–Crippen LogP) is 1.99. The highest BCUT2D eigenvalue weighted by atomic mass is 16.8. The Morgan fingerprint density at radius 3 is 3.00 bits per heavy atom. The van der Waals surface area contributed by atoms with Gasteiger partial charge in [0, 0.05) is 0 Å². The van der Waals surface area contributed by atoms with Crippen molar-refractivity contribution < 1.29 is 18.9 Å². The van der Waals surface area contributed by atoms with Crippen molar-refractivity contribution in [2.24, 2.45) is 0 Å². The van der Waals surface area contributed by atoms with E-state index in [0.29, 0.717) is 6.61 Å². The first-order valence-corrected chi connectivity index (χ1v) is 6.33. The maximum absolute atomic E-state index is 6.02. The molecule has 3 aliphatic rings. The quantitative estimate of drug-likeness (QED) is 0.707. The van der Waals surface area contributed by atoms with Gasteiger partial charge in [-0.2, -0.15) is 0 Å². The molecule has 3 rings (SSSR count). The average molecular weight is 240 g/mol. The van der Waals surface area contributed by atoms with E-state index in [9.17, 15) is 0 Å². The second kappa shape index (κ2) is 3.79. The predicted molar refractivity (Wildman–Crippen MR) is 61.4 cm³/mol. The molecule has 1 aliphatic carbocycles. The topological polar surface area (TPSA) is 36.9 Å². The van der Waals surface area contributed by atoms with Crippen LogP contribution in [-0.2, 0) is 18.9 Å². The fraction of sp³-hybridized carbons (Fsp3) is 0.846. The van der Waals surface area contributed by atoms with Crippen molar-refractivity contribution in [1.29, 1.82) is 0 Å². The lowest BCUT2D eigenvalue weighted by atomic mass is 9.94. The Bertz CT molecular complexity index is 327. The zero-order valence-electron chi connectivity index (χ0n) is 10.5. The molecule has 2 heterocycles. The normalized spacial score (nSPS) is 46.8. The van der Waals surface area contributed by atoms with E-state index in [1.807, 2.05) is 13.8 Å². The van der Waals surface area contributed by atoms with Gasteiger partial charge in [-0.3, -0.25) is 0 Å². The van der Waals surface area contributed by atoms with Crippen LogP contribution in [-0.4, -0.2) is 36.5 Å². The lowest BCUT2D eigenvalue weighted by Crippen LogP contribution is -2.48. The molecule has 1 saturated carbocycles. The van der Waals surface area contributed by atoms with Crippen LogP contribution in [0.2, 0.25) is 0 Å². The molecule has 0 aromatic rings. The van der Waals surface area contributed by atoms with Crippen molar-refractivity contribution in [3.63, 3.8) is 0 Å². The molecule has 0 aromatic carbocycles. The number of hydrogen-bond donors (Lipinski definition) is 0. The third-order valence-electron chi connectivity index (χ3n) is 3.89. The monoisotopic (exact) mass is 240 g/mol. The highest BCUT2D eigenvalue weighted by molar-refractivity contribution is 5.10. The first kappa shape index (κ1) is 11.7. The second-order valence-electron chi connectivity index (χ2n) is 5.50. The van der Waals surface area contributed by atoms with E-state index >= 15 is 0 Å². The van der Waals surface area contributed by atoms with E-state index in [1.165, 1.54) is 0 Å². The Labute approximate surface area is 102 Å². The molecule has 4 heteroatoms. The Hall–Kier alpha value is -0.420. The molecule has 2 saturated heterocycles. The molecule has 96 valence electrons. The minimum Gasteiger partial charge on any atom is -0.365 e. The van der Waals surface area contributed by atoms with Gasteiger partial charge in [0.05, 0.1) is 12.7 Å². The summed E-state index contributed by atoms with van der Waals surface area (Å²) in [5.41, 5.74) is -0.327. The summed E-state index contributed by atoms with van der Waals surface area (Å²) in [6.07, 6.45) is 4.62. The first-order valence-electron chi connectivity index (χ1n) is 6.33. The summed E-state index contributed by atoms with van der Waals surface area (Å²) in [6, 6.07) is 0. The Morgan fingerprint density at radius 1 is 1.41 bits per heavy atom. The molecule has 17 heavy (non-hydrogen) atoms. The summed E-state index contributed by atoms with van der Waals surface area (Å²) in [7, 11) is 0. The van der Waals surface area contributed by atoms with Crippen molar-refractivity contribution in [2.45, 2.75) is 63.0 Å². The fourth-order valence-corrected chi connectivity index (χ4v) is 3.26. The highest BCUT2D eigenvalue weighted by Gasteiger charge is 2.65. The maximum atomic E-state index is 6.02. The van der Waals surface area contributed by atoms with Gasteiger partial charge in [0.15, 0.2) is 12.1 Å². The minimum absolute atomic E-state index is 0.105. The zero-order valence-corrected chi connectivity index (χ0v) is 10.5. The summed E-state index contributed by atoms with van der Waals surface area (Å²) >= 11 is 0. The van der Waals surface area contributed by atoms with Gasteiger partial charge < -0.3 is 18.9 Å². The maximum Gasteiger partial charge on any atom is 0.190 e. The third-order valence-corrected chi connectivity index (χ3v) is 3.89. The molecule has 4 nitrogen and oxygen atoms in total. The Kier molecular flexibility index (Phi) is 2.60. The molecule has 0 aromatic heterocycles. The number of hydrogen-bond acceptors (Lipinski definition) is 4.